The molecule has 2 aromatic rings. The molecule has 2 N–H and O–H groups in total. The van der Waals surface area contributed by atoms with Crippen LogP contribution in [0.25, 0.3) is 0 Å². The van der Waals surface area contributed by atoms with Crippen molar-refractivity contribution in [3.63, 3.8) is 0 Å². The summed E-state index contributed by atoms with van der Waals surface area (Å²) < 4.78 is 43.1. The van der Waals surface area contributed by atoms with Crippen LogP contribution < -0.4 is 4.72 Å². The van der Waals surface area contributed by atoms with E-state index in [4.69, 9.17) is 5.11 Å². The van der Waals surface area contributed by atoms with E-state index in [1.165, 1.54) is 6.20 Å². The predicted molar refractivity (Wildman–Crippen MR) is 90.6 cm³/mol. The minimum Gasteiger partial charge on any atom is -0.478 e. The van der Waals surface area contributed by atoms with E-state index in [2.05, 4.69) is 9.82 Å². The summed E-state index contributed by atoms with van der Waals surface area (Å²) in [6, 6.07) is 2.66. The second-order valence-corrected chi connectivity index (χ2v) is 7.64. The number of nitrogens with one attached hydrogen (secondary N) is 1. The van der Waals surface area contributed by atoms with Crippen LogP contribution in [0.15, 0.2) is 29.3 Å². The highest BCUT2D eigenvalue weighted by molar-refractivity contribution is 7.92. The van der Waals surface area contributed by atoms with E-state index in [0.29, 0.717) is 30.6 Å². The first-order valence-corrected chi connectivity index (χ1v) is 9.24. The van der Waals surface area contributed by atoms with Crippen molar-refractivity contribution >= 4 is 21.7 Å². The van der Waals surface area contributed by atoms with Gasteiger partial charge >= 0.3 is 5.97 Å². The predicted octanol–water partition coefficient (Wildman–Crippen LogP) is 2.74. The van der Waals surface area contributed by atoms with E-state index >= 15 is 0 Å². The van der Waals surface area contributed by atoms with Crippen molar-refractivity contribution in [2.24, 2.45) is 5.92 Å². The van der Waals surface area contributed by atoms with Gasteiger partial charge in [-0.25, -0.2) is 17.6 Å². The summed E-state index contributed by atoms with van der Waals surface area (Å²) in [6.07, 6.45) is 1.94. The summed E-state index contributed by atoms with van der Waals surface area (Å²) in [4.78, 5) is 10.2. The van der Waals surface area contributed by atoms with Crippen molar-refractivity contribution in [2.45, 2.75) is 38.6 Å². The fourth-order valence-electron chi connectivity index (χ4n) is 2.42. The van der Waals surface area contributed by atoms with Gasteiger partial charge in [0.15, 0.2) is 0 Å². The van der Waals surface area contributed by atoms with Gasteiger partial charge in [0.05, 0.1) is 23.1 Å². The van der Waals surface area contributed by atoms with E-state index < -0.39 is 26.7 Å². The van der Waals surface area contributed by atoms with Gasteiger partial charge in [-0.15, -0.1) is 0 Å². The molecule has 2 rings (SSSR count). The lowest BCUT2D eigenvalue weighted by Gasteiger charge is -2.12. The summed E-state index contributed by atoms with van der Waals surface area (Å²) >= 11 is 0. The van der Waals surface area contributed by atoms with Gasteiger partial charge in [0.25, 0.3) is 10.0 Å². The summed E-state index contributed by atoms with van der Waals surface area (Å²) in [6.45, 7) is 6.54. The zero-order chi connectivity index (χ0) is 18.8. The van der Waals surface area contributed by atoms with Crippen LogP contribution in [0.4, 0.5) is 10.1 Å². The molecule has 9 heteroatoms. The molecule has 0 fully saturated rings. The molecule has 0 saturated carbocycles. The molecule has 7 nitrogen and oxygen atoms in total. The number of anilines is 1. The highest BCUT2D eigenvalue weighted by Gasteiger charge is 2.23. The van der Waals surface area contributed by atoms with Crippen LogP contribution in [-0.4, -0.2) is 29.3 Å². The maximum atomic E-state index is 14.1. The summed E-state index contributed by atoms with van der Waals surface area (Å²) in [5, 5.41) is 13.0. The lowest BCUT2D eigenvalue weighted by atomic mass is 10.2. The van der Waals surface area contributed by atoms with Crippen molar-refractivity contribution in [3.8, 4) is 0 Å². The third-order valence-electron chi connectivity index (χ3n) is 3.53. The Labute approximate surface area is 145 Å². The average molecular weight is 369 g/mol. The number of aromatic nitrogens is 2. The van der Waals surface area contributed by atoms with Crippen LogP contribution in [-0.2, 0) is 23.0 Å². The Morgan fingerprint density at radius 3 is 2.60 bits per heavy atom. The van der Waals surface area contributed by atoms with Crippen molar-refractivity contribution < 1.29 is 22.7 Å². The summed E-state index contributed by atoms with van der Waals surface area (Å²) in [7, 11) is -4.21. The van der Waals surface area contributed by atoms with Crippen LogP contribution in [0.2, 0.25) is 0 Å². The lowest BCUT2D eigenvalue weighted by Crippen LogP contribution is -2.17. The molecule has 0 aliphatic heterocycles. The number of sulfonamides is 1. The average Bonchev–Trinajstić information content (AvgIpc) is 2.86. The Bertz CT molecular complexity index is 891. The second kappa shape index (κ2) is 7.22. The number of halogens is 1. The topological polar surface area (TPSA) is 101 Å². The molecule has 0 amide bonds. The van der Waals surface area contributed by atoms with E-state index in [1.807, 2.05) is 20.8 Å². The maximum absolute atomic E-state index is 14.1. The molecular weight excluding hydrogens is 349 g/mol. The fraction of sp³-hybridized carbons (Fsp3) is 0.375. The second-order valence-electron chi connectivity index (χ2n) is 5.99. The highest BCUT2D eigenvalue weighted by atomic mass is 32.2. The molecule has 0 unspecified atom stereocenters. The number of rotatable bonds is 7. The Kier molecular flexibility index (Phi) is 5.46. The highest BCUT2D eigenvalue weighted by Crippen LogP contribution is 2.23. The molecule has 0 aliphatic rings. The normalized spacial score (nSPS) is 11.7. The molecule has 136 valence electrons. The summed E-state index contributed by atoms with van der Waals surface area (Å²) in [5.41, 5.74) is 0.653. The molecule has 1 aromatic heterocycles. The van der Waals surface area contributed by atoms with Gasteiger partial charge in [-0.05, 0) is 30.5 Å². The molecule has 0 aliphatic carbocycles. The largest absolute Gasteiger partial charge is 0.478 e. The zero-order valence-electron chi connectivity index (χ0n) is 14.2. The monoisotopic (exact) mass is 369 g/mol. The minimum absolute atomic E-state index is 0.282. The van der Waals surface area contributed by atoms with Crippen molar-refractivity contribution in [3.05, 3.63) is 41.5 Å². The first-order valence-electron chi connectivity index (χ1n) is 7.76. The van der Waals surface area contributed by atoms with E-state index in [-0.39, 0.29) is 11.3 Å². The molecule has 25 heavy (non-hydrogen) atoms. The van der Waals surface area contributed by atoms with Crippen LogP contribution in [0.1, 0.15) is 36.8 Å². The number of aromatic carboxylic acids is 1. The number of carbonyl (C=O) groups is 1. The molecule has 0 atom stereocenters. The lowest BCUT2D eigenvalue weighted by molar-refractivity contribution is 0.0696. The number of benzene rings is 1. The summed E-state index contributed by atoms with van der Waals surface area (Å²) in [5.74, 6) is -2.13. The zero-order valence-corrected chi connectivity index (χ0v) is 15.0. The third-order valence-corrected chi connectivity index (χ3v) is 4.93. The smallest absolute Gasteiger partial charge is 0.335 e. The molecule has 0 saturated heterocycles. The maximum Gasteiger partial charge on any atom is 0.335 e. The van der Waals surface area contributed by atoms with Gasteiger partial charge in [0.2, 0.25) is 0 Å². The Morgan fingerprint density at radius 1 is 1.40 bits per heavy atom. The van der Waals surface area contributed by atoms with Crippen LogP contribution in [0.5, 0.6) is 0 Å². The van der Waals surface area contributed by atoms with E-state index in [1.54, 1.807) is 4.68 Å². The Hall–Kier alpha value is -2.42. The van der Waals surface area contributed by atoms with Gasteiger partial charge in [0.1, 0.15) is 10.7 Å². The number of carboxylic acid groups (broad SMARTS) is 1. The molecule has 1 heterocycles. The third kappa shape index (κ3) is 4.16. The molecule has 0 spiro atoms. The van der Waals surface area contributed by atoms with Gasteiger partial charge in [0, 0.05) is 6.54 Å². The molecule has 0 radical (unpaired) electrons. The first kappa shape index (κ1) is 18.9. The van der Waals surface area contributed by atoms with Gasteiger partial charge in [-0.1, -0.05) is 20.8 Å². The first-order chi connectivity index (χ1) is 11.7. The standard InChI is InChI=1S/C16H20FN3O4S/c1-4-14-13(8-18-20(14)9-10(2)3)19-25(23,24)15-6-5-11(16(21)22)7-12(15)17/h5-8,10,19H,4,9H2,1-3H3,(H,21,22). The molecular formula is C16H20FN3O4S. The van der Waals surface area contributed by atoms with E-state index in [9.17, 15) is 17.6 Å². The quantitative estimate of drug-likeness (QED) is 0.781. The number of nitrogens with zero attached hydrogens (tertiary/aromatic N) is 2. The van der Waals surface area contributed by atoms with Gasteiger partial charge in [-0.3, -0.25) is 9.40 Å². The van der Waals surface area contributed by atoms with Crippen LogP contribution in [0, 0.1) is 11.7 Å². The number of hydrogen-bond acceptors (Lipinski definition) is 4. The SMILES string of the molecule is CCc1c(NS(=O)(=O)c2ccc(C(=O)O)cc2F)cnn1CC(C)C. The molecule has 0 bridgehead atoms. The van der Waals surface area contributed by atoms with E-state index in [0.717, 1.165) is 12.1 Å². The van der Waals surface area contributed by atoms with Gasteiger partial charge in [-0.2, -0.15) is 5.10 Å². The Balaban J connectivity index is 2.36. The Morgan fingerprint density at radius 2 is 2.08 bits per heavy atom. The van der Waals surface area contributed by atoms with Crippen molar-refractivity contribution in [2.75, 3.05) is 4.72 Å². The van der Waals surface area contributed by atoms with Gasteiger partial charge < -0.3 is 5.11 Å². The van der Waals surface area contributed by atoms with Crippen molar-refractivity contribution in [1.29, 1.82) is 0 Å². The number of hydrogen-bond donors (Lipinski definition) is 2. The minimum atomic E-state index is -4.21. The van der Waals surface area contributed by atoms with Crippen molar-refractivity contribution in [1.82, 2.24) is 9.78 Å². The van der Waals surface area contributed by atoms with Crippen LogP contribution in [0.3, 0.4) is 0 Å². The fourth-order valence-corrected chi connectivity index (χ4v) is 3.56. The number of carboxylic acids is 1. The molecule has 1 aromatic carbocycles. The van der Waals surface area contributed by atoms with Crippen LogP contribution >= 0.6 is 0 Å².